The van der Waals surface area contributed by atoms with Crippen molar-refractivity contribution in [1.29, 1.82) is 0 Å². The highest BCUT2D eigenvalue weighted by Crippen LogP contribution is 2.26. The van der Waals surface area contributed by atoms with Crippen LogP contribution < -0.4 is 0 Å². The second-order valence-corrected chi connectivity index (χ2v) is 10.7. The van der Waals surface area contributed by atoms with Gasteiger partial charge in [-0.05, 0) is 53.9 Å². The molecular weight excluding hydrogens is 488 g/mol. The van der Waals surface area contributed by atoms with Crippen LogP contribution in [0.4, 0.5) is 0 Å². The van der Waals surface area contributed by atoms with Gasteiger partial charge >= 0.3 is 5.97 Å². The topological polar surface area (TPSA) is 93.2 Å². The lowest BCUT2D eigenvalue weighted by atomic mass is 9.94. The molecule has 1 saturated carbocycles. The third-order valence-electron chi connectivity index (χ3n) is 5.87. The number of sulfonamides is 1. The quantitative estimate of drug-likeness (QED) is 0.539. The third-order valence-corrected chi connectivity index (χ3v) is 8.45. The molecule has 0 bridgehead atoms. The number of rotatable bonds is 6. The lowest BCUT2D eigenvalue weighted by Gasteiger charge is -2.32. The van der Waals surface area contributed by atoms with Crippen LogP contribution in [-0.2, 0) is 24.3 Å². The van der Waals surface area contributed by atoms with Crippen molar-refractivity contribution in [1.82, 2.24) is 9.21 Å². The lowest BCUT2D eigenvalue weighted by molar-refractivity contribution is -0.141. The molecule has 1 atom stereocenters. The maximum atomic E-state index is 12.9. The summed E-state index contributed by atoms with van der Waals surface area (Å²) in [4.78, 5) is 27.2. The predicted octanol–water partition coefficient (Wildman–Crippen LogP) is 2.81. The molecule has 1 heterocycles. The fourth-order valence-corrected chi connectivity index (χ4v) is 5.81. The highest BCUT2D eigenvalue weighted by molar-refractivity contribution is 9.10. The minimum Gasteiger partial charge on any atom is -0.449 e. The van der Waals surface area contributed by atoms with Crippen LogP contribution in [0.15, 0.2) is 27.6 Å². The summed E-state index contributed by atoms with van der Waals surface area (Å²) in [6, 6.07) is 4.40. The van der Waals surface area contributed by atoms with E-state index in [9.17, 15) is 18.0 Å². The Balaban J connectivity index is 1.72. The fourth-order valence-electron chi connectivity index (χ4n) is 3.97. The SMILES string of the molecule is CC(OC(=O)c1cc(S(=O)(=O)N2CCOCC2)ccc1Br)C(=O)N(C)C1CCCCC1. The number of hydrogen-bond donors (Lipinski definition) is 0. The maximum Gasteiger partial charge on any atom is 0.340 e. The van der Waals surface area contributed by atoms with Crippen LogP contribution in [0.5, 0.6) is 0 Å². The summed E-state index contributed by atoms with van der Waals surface area (Å²) in [6.45, 7) is 2.73. The molecule has 10 heteroatoms. The number of halogens is 1. The summed E-state index contributed by atoms with van der Waals surface area (Å²) in [6.07, 6.45) is 4.31. The van der Waals surface area contributed by atoms with Crippen LogP contribution in [0.1, 0.15) is 49.4 Å². The van der Waals surface area contributed by atoms with E-state index < -0.39 is 22.1 Å². The molecule has 0 N–H and O–H groups in total. The molecule has 1 saturated heterocycles. The lowest BCUT2D eigenvalue weighted by Crippen LogP contribution is -2.44. The van der Waals surface area contributed by atoms with Crippen molar-refractivity contribution in [3.8, 4) is 0 Å². The van der Waals surface area contributed by atoms with Crippen molar-refractivity contribution in [2.45, 2.75) is 56.1 Å². The average Bonchev–Trinajstić information content (AvgIpc) is 2.79. The van der Waals surface area contributed by atoms with E-state index in [4.69, 9.17) is 9.47 Å². The summed E-state index contributed by atoms with van der Waals surface area (Å²) < 4.78 is 38.2. The van der Waals surface area contributed by atoms with Gasteiger partial charge < -0.3 is 14.4 Å². The molecule has 0 spiro atoms. The molecular formula is C21H29BrN2O6S. The van der Waals surface area contributed by atoms with Gasteiger partial charge in [-0.3, -0.25) is 4.79 Å². The van der Waals surface area contributed by atoms with Crippen molar-refractivity contribution < 1.29 is 27.5 Å². The zero-order chi connectivity index (χ0) is 22.6. The van der Waals surface area contributed by atoms with E-state index in [0.29, 0.717) is 17.7 Å². The molecule has 1 aromatic carbocycles. The number of carbonyl (C=O) groups excluding carboxylic acids is 2. The van der Waals surface area contributed by atoms with E-state index in [2.05, 4.69) is 15.9 Å². The second kappa shape index (κ2) is 10.4. The summed E-state index contributed by atoms with van der Waals surface area (Å²) in [5, 5.41) is 0. The number of morpholine rings is 1. The molecule has 3 rings (SSSR count). The van der Waals surface area contributed by atoms with E-state index in [0.717, 1.165) is 25.7 Å². The average molecular weight is 517 g/mol. The first-order valence-electron chi connectivity index (χ1n) is 10.6. The first-order chi connectivity index (χ1) is 14.7. The standard InChI is InChI=1S/C21H29BrN2O6S/c1-15(20(25)23(2)16-6-4-3-5-7-16)30-21(26)18-14-17(8-9-19(18)22)31(27,28)24-10-12-29-13-11-24/h8-9,14-16H,3-7,10-13H2,1-2H3. The highest BCUT2D eigenvalue weighted by Gasteiger charge is 2.30. The van der Waals surface area contributed by atoms with E-state index in [-0.39, 0.29) is 35.5 Å². The Hall–Kier alpha value is -1.49. The van der Waals surface area contributed by atoms with Crippen LogP contribution >= 0.6 is 15.9 Å². The Morgan fingerprint density at radius 2 is 1.84 bits per heavy atom. The van der Waals surface area contributed by atoms with Crippen LogP contribution in [0.25, 0.3) is 0 Å². The first-order valence-corrected chi connectivity index (χ1v) is 12.8. The molecule has 172 valence electrons. The molecule has 0 radical (unpaired) electrons. The van der Waals surface area contributed by atoms with Gasteiger partial charge in [-0.15, -0.1) is 0 Å². The van der Waals surface area contributed by atoms with E-state index in [1.54, 1.807) is 18.9 Å². The van der Waals surface area contributed by atoms with Gasteiger partial charge in [-0.2, -0.15) is 4.31 Å². The minimum atomic E-state index is -3.76. The smallest absolute Gasteiger partial charge is 0.340 e. The zero-order valence-corrected chi connectivity index (χ0v) is 20.3. The Morgan fingerprint density at radius 1 is 1.19 bits per heavy atom. The monoisotopic (exact) mass is 516 g/mol. The van der Waals surface area contributed by atoms with Gasteiger partial charge in [-0.25, -0.2) is 13.2 Å². The Morgan fingerprint density at radius 3 is 2.48 bits per heavy atom. The molecule has 31 heavy (non-hydrogen) atoms. The summed E-state index contributed by atoms with van der Waals surface area (Å²) in [5.41, 5.74) is 0.0642. The maximum absolute atomic E-state index is 12.9. The molecule has 2 fully saturated rings. The van der Waals surface area contributed by atoms with Gasteiger partial charge in [0, 0.05) is 30.7 Å². The number of esters is 1. The molecule has 8 nitrogen and oxygen atoms in total. The molecule has 1 aliphatic heterocycles. The van der Waals surface area contributed by atoms with Gasteiger partial charge in [0.05, 0.1) is 23.7 Å². The fraction of sp³-hybridized carbons (Fsp3) is 0.619. The Labute approximate surface area is 192 Å². The summed E-state index contributed by atoms with van der Waals surface area (Å²) in [5.74, 6) is -1.00. The molecule has 1 aliphatic carbocycles. The number of amides is 1. The number of nitrogens with zero attached hydrogens (tertiary/aromatic N) is 2. The minimum absolute atomic E-state index is 0.00264. The van der Waals surface area contributed by atoms with Crippen LogP contribution in [0.3, 0.4) is 0 Å². The van der Waals surface area contributed by atoms with Crippen molar-refractivity contribution >= 4 is 37.8 Å². The molecule has 1 unspecified atom stereocenters. The Bertz CT molecular complexity index is 910. The molecule has 0 aromatic heterocycles. The second-order valence-electron chi connectivity index (χ2n) is 7.95. The van der Waals surface area contributed by atoms with Crippen LogP contribution in [0.2, 0.25) is 0 Å². The van der Waals surface area contributed by atoms with Crippen LogP contribution in [-0.4, -0.2) is 75.0 Å². The van der Waals surface area contributed by atoms with Crippen molar-refractivity contribution in [2.24, 2.45) is 0 Å². The number of carbonyl (C=O) groups is 2. The third kappa shape index (κ3) is 5.66. The number of likely N-dealkylation sites (N-methyl/N-ethyl adjacent to an activating group) is 1. The van der Waals surface area contributed by atoms with Gasteiger partial charge in [-0.1, -0.05) is 19.3 Å². The molecule has 1 aromatic rings. The predicted molar refractivity (Wildman–Crippen MR) is 118 cm³/mol. The largest absolute Gasteiger partial charge is 0.449 e. The number of benzene rings is 1. The van der Waals surface area contributed by atoms with Crippen molar-refractivity contribution in [3.05, 3.63) is 28.2 Å². The molecule has 1 amide bonds. The summed E-state index contributed by atoms with van der Waals surface area (Å²) in [7, 11) is -2.01. The van der Waals surface area contributed by atoms with Gasteiger partial charge in [0.1, 0.15) is 0 Å². The van der Waals surface area contributed by atoms with Gasteiger partial charge in [0.2, 0.25) is 10.0 Å². The normalized spacial score (nSPS) is 19.6. The van der Waals surface area contributed by atoms with Gasteiger partial charge in [0.25, 0.3) is 5.91 Å². The highest BCUT2D eigenvalue weighted by atomic mass is 79.9. The van der Waals surface area contributed by atoms with E-state index in [1.165, 1.54) is 28.9 Å². The number of ether oxygens (including phenoxy) is 2. The van der Waals surface area contributed by atoms with Crippen molar-refractivity contribution in [3.63, 3.8) is 0 Å². The molecule has 2 aliphatic rings. The van der Waals surface area contributed by atoms with Gasteiger partial charge in [0.15, 0.2) is 6.10 Å². The van der Waals surface area contributed by atoms with E-state index >= 15 is 0 Å². The van der Waals surface area contributed by atoms with Crippen molar-refractivity contribution in [2.75, 3.05) is 33.4 Å². The van der Waals surface area contributed by atoms with E-state index in [1.807, 2.05) is 0 Å². The zero-order valence-electron chi connectivity index (χ0n) is 17.9. The number of hydrogen-bond acceptors (Lipinski definition) is 6. The first kappa shape index (κ1) is 24.2. The Kier molecular flexibility index (Phi) is 8.12. The van der Waals surface area contributed by atoms with Crippen LogP contribution in [0, 0.1) is 0 Å². The summed E-state index contributed by atoms with van der Waals surface area (Å²) >= 11 is 3.29.